The summed E-state index contributed by atoms with van der Waals surface area (Å²) in [5, 5.41) is 3.22. The van der Waals surface area contributed by atoms with E-state index in [4.69, 9.17) is 4.74 Å². The van der Waals surface area contributed by atoms with Gasteiger partial charge in [0.25, 0.3) is 0 Å². The lowest BCUT2D eigenvalue weighted by Gasteiger charge is -2.38. The van der Waals surface area contributed by atoms with E-state index < -0.39 is 9.84 Å². The minimum atomic E-state index is -3.23. The van der Waals surface area contributed by atoms with Crippen LogP contribution in [0.25, 0.3) is 0 Å². The van der Waals surface area contributed by atoms with Crippen LogP contribution in [0, 0.1) is 0 Å². The summed E-state index contributed by atoms with van der Waals surface area (Å²) < 4.78 is 30.2. The van der Waals surface area contributed by atoms with Crippen LogP contribution in [-0.2, 0) is 16.3 Å². The Hall–Kier alpha value is -2.54. The van der Waals surface area contributed by atoms with Gasteiger partial charge in [-0.3, -0.25) is 0 Å². The number of sulfone groups is 1. The van der Waals surface area contributed by atoms with E-state index >= 15 is 0 Å². The van der Waals surface area contributed by atoms with Gasteiger partial charge >= 0.3 is 6.03 Å². The molecule has 6 nitrogen and oxygen atoms in total. The number of nitrogens with zero attached hydrogens (tertiary/aromatic N) is 1. The van der Waals surface area contributed by atoms with Gasteiger partial charge < -0.3 is 15.0 Å². The molecule has 170 valence electrons. The van der Waals surface area contributed by atoms with E-state index in [0.717, 1.165) is 56.4 Å². The van der Waals surface area contributed by atoms with Crippen molar-refractivity contribution >= 4 is 15.9 Å². The summed E-state index contributed by atoms with van der Waals surface area (Å²) in [7, 11) is -3.23. The molecule has 1 N–H and O–H groups in total. The second-order valence-electron chi connectivity index (χ2n) is 9.48. The second kappa shape index (κ2) is 8.10. The Morgan fingerprint density at radius 1 is 1.09 bits per heavy atom. The minimum absolute atomic E-state index is 0.0273. The molecule has 2 fully saturated rings. The Bertz CT molecular complexity index is 1120. The second-order valence-corrected chi connectivity index (χ2v) is 11.5. The molecular formula is C25H30N2O4S. The van der Waals surface area contributed by atoms with E-state index in [2.05, 4.69) is 17.4 Å². The third-order valence-corrected chi connectivity index (χ3v) is 8.26. The predicted octanol–water partition coefficient (Wildman–Crippen LogP) is 3.91. The summed E-state index contributed by atoms with van der Waals surface area (Å²) in [5.74, 6) is 1.21. The number of benzene rings is 2. The van der Waals surface area contributed by atoms with Crippen molar-refractivity contribution in [2.75, 3.05) is 19.3 Å². The maximum Gasteiger partial charge on any atom is 0.317 e. The predicted molar refractivity (Wildman–Crippen MR) is 123 cm³/mol. The van der Waals surface area contributed by atoms with Gasteiger partial charge in [0.05, 0.1) is 4.90 Å². The van der Waals surface area contributed by atoms with Crippen LogP contribution >= 0.6 is 0 Å². The number of fused-ring (bicyclic) bond motifs is 1. The first-order valence-corrected chi connectivity index (χ1v) is 13.3. The lowest BCUT2D eigenvalue weighted by atomic mass is 9.85. The summed E-state index contributed by atoms with van der Waals surface area (Å²) in [6.07, 6.45) is 6.47. The summed E-state index contributed by atoms with van der Waals surface area (Å²) in [5.41, 5.74) is 1.97. The fraction of sp³-hybridized carbons (Fsp3) is 0.480. The van der Waals surface area contributed by atoms with E-state index in [1.165, 1.54) is 11.8 Å². The molecule has 2 aromatic rings. The van der Waals surface area contributed by atoms with Crippen molar-refractivity contribution < 1.29 is 17.9 Å². The number of aryl methyl sites for hydroxylation is 1. The highest BCUT2D eigenvalue weighted by Gasteiger charge is 2.42. The molecule has 0 radical (unpaired) electrons. The fourth-order valence-electron chi connectivity index (χ4n) is 5.12. The number of carbonyl (C=O) groups is 1. The van der Waals surface area contributed by atoms with Gasteiger partial charge in [-0.2, -0.15) is 0 Å². The highest BCUT2D eigenvalue weighted by molar-refractivity contribution is 7.90. The Kier molecular flexibility index (Phi) is 5.40. The van der Waals surface area contributed by atoms with Crippen LogP contribution in [0.1, 0.15) is 49.1 Å². The van der Waals surface area contributed by atoms with E-state index in [-0.39, 0.29) is 17.7 Å². The quantitative estimate of drug-likeness (QED) is 0.763. The number of likely N-dealkylation sites (tertiary alicyclic amines) is 1. The van der Waals surface area contributed by atoms with Gasteiger partial charge in [0, 0.05) is 37.7 Å². The standard InChI is InChI=1S/C25H30N2O4S/c1-32(29,30)20-8-9-23-19(16-20)10-12-25(31-23)11-5-14-27(15-13-25)24(28)26-22-17-21(22)18-6-3-2-4-7-18/h2-4,6-9,16,21-22H,5,10-15,17H2,1H3,(H,26,28). The van der Waals surface area contributed by atoms with Crippen molar-refractivity contribution in [1.82, 2.24) is 10.2 Å². The topological polar surface area (TPSA) is 75.7 Å². The average Bonchev–Trinajstić information content (AvgIpc) is 3.57. The Morgan fingerprint density at radius 3 is 2.69 bits per heavy atom. The van der Waals surface area contributed by atoms with Gasteiger partial charge in [-0.25, -0.2) is 13.2 Å². The van der Waals surface area contributed by atoms with Crippen LogP contribution in [0.3, 0.4) is 0 Å². The number of hydrogen-bond acceptors (Lipinski definition) is 4. The Balaban J connectivity index is 1.20. The van der Waals surface area contributed by atoms with Crippen molar-refractivity contribution in [3.63, 3.8) is 0 Å². The van der Waals surface area contributed by atoms with Crippen molar-refractivity contribution in [2.45, 2.75) is 61.0 Å². The van der Waals surface area contributed by atoms with Crippen LogP contribution in [0.2, 0.25) is 0 Å². The summed E-state index contributed by atoms with van der Waals surface area (Å²) in [4.78, 5) is 15.2. The van der Waals surface area contributed by atoms with Gasteiger partial charge in [-0.1, -0.05) is 30.3 Å². The summed E-state index contributed by atoms with van der Waals surface area (Å²) in [6.45, 7) is 1.41. The van der Waals surface area contributed by atoms with Crippen molar-refractivity contribution in [3.05, 3.63) is 59.7 Å². The SMILES string of the molecule is CS(=O)(=O)c1ccc2c(c1)CCC1(CCCN(C(=O)NC3CC3c3ccccc3)CC1)O2. The van der Waals surface area contributed by atoms with Crippen LogP contribution in [0.4, 0.5) is 4.79 Å². The maximum atomic E-state index is 12.9. The number of hydrogen-bond donors (Lipinski definition) is 1. The van der Waals surface area contributed by atoms with Crippen LogP contribution < -0.4 is 10.1 Å². The molecule has 2 aliphatic heterocycles. The molecule has 3 aliphatic rings. The van der Waals surface area contributed by atoms with Gasteiger partial charge in [0.2, 0.25) is 0 Å². The first-order valence-electron chi connectivity index (χ1n) is 11.5. The van der Waals surface area contributed by atoms with Crippen LogP contribution in [0.15, 0.2) is 53.4 Å². The largest absolute Gasteiger partial charge is 0.487 e. The van der Waals surface area contributed by atoms with Gasteiger partial charge in [-0.15, -0.1) is 0 Å². The summed E-state index contributed by atoms with van der Waals surface area (Å²) in [6, 6.07) is 15.8. The Morgan fingerprint density at radius 2 is 1.91 bits per heavy atom. The molecule has 2 heterocycles. The first kappa shape index (κ1) is 21.3. The maximum absolute atomic E-state index is 12.9. The van der Waals surface area contributed by atoms with E-state index in [0.29, 0.717) is 17.4 Å². The third-order valence-electron chi connectivity index (χ3n) is 7.15. The zero-order valence-corrected chi connectivity index (χ0v) is 19.2. The molecule has 1 saturated carbocycles. The number of urea groups is 1. The van der Waals surface area contributed by atoms with E-state index in [1.807, 2.05) is 23.1 Å². The van der Waals surface area contributed by atoms with Crippen molar-refractivity contribution in [2.24, 2.45) is 0 Å². The summed E-state index contributed by atoms with van der Waals surface area (Å²) >= 11 is 0. The van der Waals surface area contributed by atoms with E-state index in [9.17, 15) is 13.2 Å². The number of nitrogens with one attached hydrogen (secondary N) is 1. The molecule has 1 saturated heterocycles. The van der Waals surface area contributed by atoms with Crippen molar-refractivity contribution in [1.29, 1.82) is 0 Å². The lowest BCUT2D eigenvalue weighted by Crippen LogP contribution is -2.44. The molecule has 7 heteroatoms. The van der Waals surface area contributed by atoms with Gasteiger partial charge in [0.1, 0.15) is 11.4 Å². The minimum Gasteiger partial charge on any atom is -0.487 e. The smallest absolute Gasteiger partial charge is 0.317 e. The Labute approximate surface area is 189 Å². The highest BCUT2D eigenvalue weighted by atomic mass is 32.2. The monoisotopic (exact) mass is 454 g/mol. The molecule has 2 aromatic carbocycles. The van der Waals surface area contributed by atoms with Crippen LogP contribution in [0.5, 0.6) is 5.75 Å². The molecule has 3 unspecified atom stereocenters. The molecule has 2 amide bonds. The molecular weight excluding hydrogens is 424 g/mol. The zero-order chi connectivity index (χ0) is 22.3. The zero-order valence-electron chi connectivity index (χ0n) is 18.4. The number of amides is 2. The fourth-order valence-corrected chi connectivity index (χ4v) is 5.80. The first-order chi connectivity index (χ1) is 15.3. The number of ether oxygens (including phenoxy) is 1. The molecule has 0 bridgehead atoms. The molecule has 32 heavy (non-hydrogen) atoms. The molecule has 5 rings (SSSR count). The normalized spacial score (nSPS) is 27.2. The lowest BCUT2D eigenvalue weighted by molar-refractivity contribution is 0.0323. The van der Waals surface area contributed by atoms with Gasteiger partial charge in [0.15, 0.2) is 9.84 Å². The van der Waals surface area contributed by atoms with Crippen LogP contribution in [-0.4, -0.2) is 50.3 Å². The van der Waals surface area contributed by atoms with Crippen molar-refractivity contribution in [3.8, 4) is 5.75 Å². The van der Waals surface area contributed by atoms with E-state index in [1.54, 1.807) is 18.2 Å². The van der Waals surface area contributed by atoms with Gasteiger partial charge in [-0.05, 0) is 61.4 Å². The number of rotatable bonds is 3. The molecule has 3 atom stereocenters. The molecule has 0 aromatic heterocycles. The number of carbonyl (C=O) groups excluding carboxylic acids is 1. The third kappa shape index (κ3) is 4.35. The average molecular weight is 455 g/mol. The molecule has 1 spiro atoms. The highest BCUT2D eigenvalue weighted by Crippen LogP contribution is 2.42. The molecule has 1 aliphatic carbocycles.